The molecule has 0 radical (unpaired) electrons. The van der Waals surface area contributed by atoms with E-state index in [0.29, 0.717) is 0 Å². The molecule has 1 saturated heterocycles. The molecule has 0 saturated carbocycles. The molecule has 1 atom stereocenters. The number of likely N-dealkylation sites (tertiary alicyclic amines) is 1. The first-order valence-corrected chi connectivity index (χ1v) is 4.28. The Morgan fingerprint density at radius 1 is 1.67 bits per heavy atom. The summed E-state index contributed by atoms with van der Waals surface area (Å²) in [4.78, 5) is 13.3. The first kappa shape index (κ1) is 9.24. The molecule has 0 bridgehead atoms. The summed E-state index contributed by atoms with van der Waals surface area (Å²) in [6, 6.07) is 0.264. The zero-order chi connectivity index (χ0) is 9.14. The van der Waals surface area contributed by atoms with Crippen LogP contribution in [0.2, 0.25) is 0 Å². The SMILES string of the molecule is C=C=C(C(C)=O)C1CCCN1C. The third-order valence-corrected chi connectivity index (χ3v) is 2.42. The summed E-state index contributed by atoms with van der Waals surface area (Å²) in [6.45, 7) is 6.21. The lowest BCUT2D eigenvalue weighted by Gasteiger charge is -2.19. The molecule has 1 fully saturated rings. The Bertz CT molecular complexity index is 238. The fourth-order valence-electron chi connectivity index (χ4n) is 1.75. The highest BCUT2D eigenvalue weighted by atomic mass is 16.1. The number of hydrogen-bond acceptors (Lipinski definition) is 2. The molecule has 0 aromatic rings. The van der Waals surface area contributed by atoms with Crippen molar-refractivity contribution in [2.24, 2.45) is 0 Å². The number of Topliss-reactive ketones (excluding diaryl/α,β-unsaturated/α-hetero) is 1. The minimum absolute atomic E-state index is 0.101. The van der Waals surface area contributed by atoms with E-state index >= 15 is 0 Å². The quantitative estimate of drug-likeness (QED) is 0.455. The van der Waals surface area contributed by atoms with Gasteiger partial charge in [-0.15, -0.1) is 5.73 Å². The molecule has 0 spiro atoms. The van der Waals surface area contributed by atoms with Crippen LogP contribution in [0.5, 0.6) is 0 Å². The number of ketones is 1. The van der Waals surface area contributed by atoms with Gasteiger partial charge in [-0.2, -0.15) is 0 Å². The monoisotopic (exact) mass is 165 g/mol. The van der Waals surface area contributed by atoms with Gasteiger partial charge in [0, 0.05) is 6.04 Å². The number of nitrogens with zero attached hydrogens (tertiary/aromatic N) is 1. The van der Waals surface area contributed by atoms with E-state index in [9.17, 15) is 4.79 Å². The molecule has 0 aliphatic carbocycles. The Hall–Kier alpha value is -0.850. The second-order valence-corrected chi connectivity index (χ2v) is 3.29. The summed E-state index contributed by atoms with van der Waals surface area (Å²) in [5.41, 5.74) is 3.49. The fourth-order valence-corrected chi connectivity index (χ4v) is 1.75. The van der Waals surface area contributed by atoms with Crippen molar-refractivity contribution in [1.82, 2.24) is 4.90 Å². The highest BCUT2D eigenvalue weighted by Gasteiger charge is 2.26. The van der Waals surface area contributed by atoms with Crippen molar-refractivity contribution >= 4 is 5.78 Å². The lowest BCUT2D eigenvalue weighted by atomic mass is 10.0. The largest absolute Gasteiger partial charge is 0.299 e. The molecule has 0 aromatic carbocycles. The van der Waals surface area contributed by atoms with Gasteiger partial charge in [-0.3, -0.25) is 9.69 Å². The molecule has 2 nitrogen and oxygen atoms in total. The Morgan fingerprint density at radius 2 is 2.33 bits per heavy atom. The first-order chi connectivity index (χ1) is 5.66. The van der Waals surface area contributed by atoms with Crippen LogP contribution < -0.4 is 0 Å². The lowest BCUT2D eigenvalue weighted by Crippen LogP contribution is -2.29. The van der Waals surface area contributed by atoms with Gasteiger partial charge in [-0.05, 0) is 33.4 Å². The topological polar surface area (TPSA) is 20.3 Å². The number of carbonyl (C=O) groups excluding carboxylic acids is 1. The van der Waals surface area contributed by atoms with Gasteiger partial charge in [0.2, 0.25) is 0 Å². The summed E-state index contributed by atoms with van der Waals surface area (Å²) in [5, 5.41) is 0. The molecule has 1 aliphatic rings. The van der Waals surface area contributed by atoms with Crippen LogP contribution in [0.25, 0.3) is 0 Å². The molecule has 1 aliphatic heterocycles. The van der Waals surface area contributed by atoms with Crippen molar-refractivity contribution in [1.29, 1.82) is 0 Å². The molecular formula is C10H15NO. The van der Waals surface area contributed by atoms with E-state index in [-0.39, 0.29) is 11.8 Å². The van der Waals surface area contributed by atoms with Crippen molar-refractivity contribution < 1.29 is 4.79 Å². The molecule has 1 heterocycles. The van der Waals surface area contributed by atoms with E-state index < -0.39 is 0 Å². The van der Waals surface area contributed by atoms with Gasteiger partial charge in [-0.25, -0.2) is 0 Å². The standard InChI is InChI=1S/C10H15NO/c1-4-9(8(2)12)10-6-5-7-11(10)3/h10H,1,5-7H2,2-3H3. The minimum atomic E-state index is 0.101. The van der Waals surface area contributed by atoms with Crippen molar-refractivity contribution in [3.63, 3.8) is 0 Å². The van der Waals surface area contributed by atoms with Crippen LogP contribution >= 0.6 is 0 Å². The lowest BCUT2D eigenvalue weighted by molar-refractivity contribution is -0.114. The average Bonchev–Trinajstić information content (AvgIpc) is 2.38. The van der Waals surface area contributed by atoms with Crippen LogP contribution in [0.3, 0.4) is 0 Å². The molecule has 2 heteroatoms. The molecule has 0 N–H and O–H groups in total. The van der Waals surface area contributed by atoms with E-state index in [1.165, 1.54) is 6.42 Å². The number of hydrogen-bond donors (Lipinski definition) is 0. The maximum Gasteiger partial charge on any atom is 0.165 e. The van der Waals surface area contributed by atoms with E-state index in [2.05, 4.69) is 17.2 Å². The summed E-state index contributed by atoms with van der Waals surface area (Å²) < 4.78 is 0. The molecule has 66 valence electrons. The van der Waals surface area contributed by atoms with Gasteiger partial charge in [-0.1, -0.05) is 6.58 Å². The summed E-state index contributed by atoms with van der Waals surface area (Å²) in [7, 11) is 2.04. The number of likely N-dealkylation sites (N-methyl/N-ethyl adjacent to an activating group) is 1. The summed E-state index contributed by atoms with van der Waals surface area (Å²) >= 11 is 0. The van der Waals surface area contributed by atoms with Gasteiger partial charge < -0.3 is 0 Å². The van der Waals surface area contributed by atoms with Crippen LogP contribution in [0, 0.1) is 0 Å². The Balaban J connectivity index is 2.80. The van der Waals surface area contributed by atoms with Crippen LogP contribution in [-0.2, 0) is 4.79 Å². The average molecular weight is 165 g/mol. The van der Waals surface area contributed by atoms with Crippen LogP contribution in [-0.4, -0.2) is 30.3 Å². The molecule has 0 amide bonds. The third-order valence-electron chi connectivity index (χ3n) is 2.42. The van der Waals surface area contributed by atoms with Crippen molar-refractivity contribution in [2.45, 2.75) is 25.8 Å². The minimum Gasteiger partial charge on any atom is -0.299 e. The maximum absolute atomic E-state index is 11.1. The van der Waals surface area contributed by atoms with Gasteiger partial charge >= 0.3 is 0 Å². The normalized spacial score (nSPS) is 23.7. The number of carbonyl (C=O) groups is 1. The summed E-state index contributed by atoms with van der Waals surface area (Å²) in [6.07, 6.45) is 2.23. The highest BCUT2D eigenvalue weighted by Crippen LogP contribution is 2.21. The summed E-state index contributed by atoms with van der Waals surface area (Å²) in [5.74, 6) is 0.101. The van der Waals surface area contributed by atoms with Crippen LogP contribution in [0.15, 0.2) is 17.9 Å². The van der Waals surface area contributed by atoms with Crippen molar-refractivity contribution in [3.05, 3.63) is 17.9 Å². The van der Waals surface area contributed by atoms with Crippen LogP contribution in [0.1, 0.15) is 19.8 Å². The Morgan fingerprint density at radius 3 is 2.67 bits per heavy atom. The van der Waals surface area contributed by atoms with Crippen LogP contribution in [0.4, 0.5) is 0 Å². The first-order valence-electron chi connectivity index (χ1n) is 4.28. The van der Waals surface area contributed by atoms with Crippen molar-refractivity contribution in [3.8, 4) is 0 Å². The fraction of sp³-hybridized carbons (Fsp3) is 0.600. The van der Waals surface area contributed by atoms with E-state index in [4.69, 9.17) is 0 Å². The molecule has 12 heavy (non-hydrogen) atoms. The Labute approximate surface area is 73.6 Å². The molecular weight excluding hydrogens is 150 g/mol. The van der Waals surface area contributed by atoms with Gasteiger partial charge in [0.05, 0.1) is 5.57 Å². The zero-order valence-corrected chi connectivity index (χ0v) is 7.76. The molecule has 0 aromatic heterocycles. The van der Waals surface area contributed by atoms with E-state index in [0.717, 1.165) is 18.5 Å². The van der Waals surface area contributed by atoms with Gasteiger partial charge in [0.15, 0.2) is 5.78 Å². The molecule has 1 unspecified atom stereocenters. The second-order valence-electron chi connectivity index (χ2n) is 3.29. The molecule has 1 rings (SSSR count). The number of rotatable bonds is 2. The smallest absolute Gasteiger partial charge is 0.165 e. The highest BCUT2D eigenvalue weighted by molar-refractivity contribution is 5.94. The van der Waals surface area contributed by atoms with Gasteiger partial charge in [0.25, 0.3) is 0 Å². The van der Waals surface area contributed by atoms with E-state index in [1.807, 2.05) is 7.05 Å². The van der Waals surface area contributed by atoms with Gasteiger partial charge in [0.1, 0.15) is 0 Å². The predicted octanol–water partition coefficient (Wildman–Crippen LogP) is 1.38. The predicted molar refractivity (Wildman–Crippen MR) is 49.0 cm³/mol. The van der Waals surface area contributed by atoms with Crippen molar-refractivity contribution in [2.75, 3.05) is 13.6 Å². The Kier molecular flexibility index (Phi) is 2.85. The zero-order valence-electron chi connectivity index (χ0n) is 7.76. The van der Waals surface area contributed by atoms with E-state index in [1.54, 1.807) is 6.92 Å². The maximum atomic E-state index is 11.1. The third kappa shape index (κ3) is 1.66. The second kappa shape index (κ2) is 3.70.